The minimum atomic E-state index is -0.155. The number of rotatable bonds is 4. The summed E-state index contributed by atoms with van der Waals surface area (Å²) in [6.07, 6.45) is 3.02. The van der Waals surface area contributed by atoms with Gasteiger partial charge in [0, 0.05) is 12.2 Å². The van der Waals surface area contributed by atoms with E-state index >= 15 is 0 Å². The Morgan fingerprint density at radius 3 is 3.13 bits per heavy atom. The van der Waals surface area contributed by atoms with Crippen molar-refractivity contribution in [1.29, 1.82) is 0 Å². The molecular weight excluding hydrogens is 212 g/mol. The second-order valence-electron chi connectivity index (χ2n) is 3.69. The molecule has 0 saturated carbocycles. The molecule has 5 heteroatoms. The predicted molar refractivity (Wildman–Crippen MR) is 58.0 cm³/mol. The highest BCUT2D eigenvalue weighted by atomic mass is 32.2. The van der Waals surface area contributed by atoms with Crippen LogP contribution in [0.5, 0.6) is 0 Å². The number of ketones is 1. The second-order valence-corrected chi connectivity index (χ2v) is 4.72. The standard InChI is InChI=1S/C10H14N2O2S/c1-2-3-4-9-11-10(14-12-9)7-5-15-6-8(7)13/h7H,2-6H2,1H3. The number of carbonyl (C=O) groups excluding carboxylic acids is 1. The van der Waals surface area contributed by atoms with E-state index in [-0.39, 0.29) is 11.7 Å². The van der Waals surface area contributed by atoms with Gasteiger partial charge in [-0.3, -0.25) is 4.79 Å². The number of Topliss-reactive ketones (excluding diaryl/α,β-unsaturated/α-hetero) is 1. The van der Waals surface area contributed by atoms with Crippen molar-refractivity contribution in [1.82, 2.24) is 10.1 Å². The molecular formula is C10H14N2O2S. The third-order valence-electron chi connectivity index (χ3n) is 2.45. The summed E-state index contributed by atoms with van der Waals surface area (Å²) in [4.78, 5) is 15.7. The summed E-state index contributed by atoms with van der Waals surface area (Å²) in [6.45, 7) is 2.12. The third kappa shape index (κ3) is 2.40. The minimum Gasteiger partial charge on any atom is -0.339 e. The lowest BCUT2D eigenvalue weighted by Gasteiger charge is -1.97. The van der Waals surface area contributed by atoms with Crippen molar-refractivity contribution >= 4 is 17.5 Å². The van der Waals surface area contributed by atoms with Crippen LogP contribution in [0.4, 0.5) is 0 Å². The monoisotopic (exact) mass is 226 g/mol. The van der Waals surface area contributed by atoms with Crippen LogP contribution in [0.1, 0.15) is 37.4 Å². The smallest absolute Gasteiger partial charge is 0.238 e. The Balaban J connectivity index is 2.03. The Labute approximate surface area is 92.8 Å². The normalized spacial score (nSPS) is 21.1. The van der Waals surface area contributed by atoms with Gasteiger partial charge in [0.15, 0.2) is 11.6 Å². The molecule has 15 heavy (non-hydrogen) atoms. The van der Waals surface area contributed by atoms with Crippen LogP contribution >= 0.6 is 11.8 Å². The topological polar surface area (TPSA) is 56.0 Å². The van der Waals surface area contributed by atoms with E-state index in [2.05, 4.69) is 17.1 Å². The molecule has 1 aromatic rings. The van der Waals surface area contributed by atoms with Crippen LogP contribution in [0.3, 0.4) is 0 Å². The van der Waals surface area contributed by atoms with Crippen molar-refractivity contribution in [3.63, 3.8) is 0 Å². The van der Waals surface area contributed by atoms with Gasteiger partial charge in [0.2, 0.25) is 5.89 Å². The van der Waals surface area contributed by atoms with E-state index in [4.69, 9.17) is 4.52 Å². The Bertz CT molecular complexity index is 351. The first-order valence-corrected chi connectivity index (χ1v) is 6.39. The molecule has 1 fully saturated rings. The lowest BCUT2D eigenvalue weighted by molar-refractivity contribution is -0.117. The minimum absolute atomic E-state index is 0.155. The average Bonchev–Trinajstić information content (AvgIpc) is 2.83. The molecule has 2 rings (SSSR count). The molecule has 0 spiro atoms. The van der Waals surface area contributed by atoms with E-state index in [1.165, 1.54) is 0 Å². The highest BCUT2D eigenvalue weighted by Gasteiger charge is 2.31. The van der Waals surface area contributed by atoms with Gasteiger partial charge in [-0.05, 0) is 6.42 Å². The van der Waals surface area contributed by atoms with Crippen molar-refractivity contribution in [3.8, 4) is 0 Å². The molecule has 1 unspecified atom stereocenters. The van der Waals surface area contributed by atoms with Crippen molar-refractivity contribution in [2.45, 2.75) is 32.1 Å². The van der Waals surface area contributed by atoms with Gasteiger partial charge in [-0.1, -0.05) is 18.5 Å². The maximum Gasteiger partial charge on any atom is 0.238 e. The lowest BCUT2D eigenvalue weighted by atomic mass is 10.1. The SMILES string of the molecule is CCCCc1noc(C2CSCC2=O)n1. The number of unbranched alkanes of at least 4 members (excludes halogenated alkanes) is 1. The van der Waals surface area contributed by atoms with Crippen LogP contribution < -0.4 is 0 Å². The molecule has 1 aliphatic heterocycles. The highest BCUT2D eigenvalue weighted by molar-refractivity contribution is 8.00. The fourth-order valence-electron chi connectivity index (χ4n) is 1.53. The zero-order chi connectivity index (χ0) is 10.7. The molecule has 1 aromatic heterocycles. The van der Waals surface area contributed by atoms with Gasteiger partial charge in [0.1, 0.15) is 5.92 Å². The summed E-state index contributed by atoms with van der Waals surface area (Å²) < 4.78 is 5.12. The van der Waals surface area contributed by atoms with Crippen LogP contribution in [-0.4, -0.2) is 27.4 Å². The molecule has 0 bridgehead atoms. The molecule has 4 nitrogen and oxygen atoms in total. The lowest BCUT2D eigenvalue weighted by Crippen LogP contribution is -2.09. The summed E-state index contributed by atoms with van der Waals surface area (Å²) in [7, 11) is 0. The van der Waals surface area contributed by atoms with Gasteiger partial charge in [-0.25, -0.2) is 0 Å². The first kappa shape index (κ1) is 10.7. The maximum absolute atomic E-state index is 11.4. The molecule has 0 N–H and O–H groups in total. The largest absolute Gasteiger partial charge is 0.339 e. The van der Waals surface area contributed by atoms with E-state index in [0.29, 0.717) is 11.6 Å². The highest BCUT2D eigenvalue weighted by Crippen LogP contribution is 2.28. The molecule has 0 radical (unpaired) electrons. The quantitative estimate of drug-likeness (QED) is 0.783. The van der Waals surface area contributed by atoms with Crippen molar-refractivity contribution in [3.05, 3.63) is 11.7 Å². The van der Waals surface area contributed by atoms with Crippen molar-refractivity contribution in [2.75, 3.05) is 11.5 Å². The van der Waals surface area contributed by atoms with Crippen molar-refractivity contribution in [2.24, 2.45) is 0 Å². The van der Waals surface area contributed by atoms with E-state index < -0.39 is 0 Å². The van der Waals surface area contributed by atoms with E-state index in [1.54, 1.807) is 11.8 Å². The van der Waals surface area contributed by atoms with Gasteiger partial charge in [-0.15, -0.1) is 0 Å². The fraction of sp³-hybridized carbons (Fsp3) is 0.700. The van der Waals surface area contributed by atoms with Gasteiger partial charge >= 0.3 is 0 Å². The van der Waals surface area contributed by atoms with E-state index in [1.807, 2.05) is 0 Å². The van der Waals surface area contributed by atoms with Crippen LogP contribution in [0.15, 0.2) is 4.52 Å². The molecule has 0 aliphatic carbocycles. The average molecular weight is 226 g/mol. The zero-order valence-corrected chi connectivity index (χ0v) is 9.55. The van der Waals surface area contributed by atoms with Gasteiger partial charge in [0.25, 0.3) is 0 Å². The molecule has 2 heterocycles. The summed E-state index contributed by atoms with van der Waals surface area (Å²) in [5.74, 6) is 2.67. The van der Waals surface area contributed by atoms with Gasteiger partial charge in [0.05, 0.1) is 5.75 Å². The Morgan fingerprint density at radius 1 is 1.60 bits per heavy atom. The summed E-state index contributed by atoms with van der Waals surface area (Å²) >= 11 is 1.63. The maximum atomic E-state index is 11.4. The summed E-state index contributed by atoms with van der Waals surface area (Å²) in [6, 6.07) is 0. The third-order valence-corrected chi connectivity index (χ3v) is 3.51. The Kier molecular flexibility index (Phi) is 3.41. The molecule has 0 aromatic carbocycles. The fourth-order valence-corrected chi connectivity index (χ4v) is 2.61. The molecule has 1 aliphatic rings. The first-order chi connectivity index (χ1) is 7.31. The summed E-state index contributed by atoms with van der Waals surface area (Å²) in [5, 5.41) is 3.89. The summed E-state index contributed by atoms with van der Waals surface area (Å²) in [5.41, 5.74) is 0. The predicted octanol–water partition coefficient (Wildman–Crippen LogP) is 1.81. The van der Waals surface area contributed by atoms with Crippen LogP contribution in [0.25, 0.3) is 0 Å². The number of aromatic nitrogens is 2. The Hall–Kier alpha value is -0.840. The molecule has 1 saturated heterocycles. The second kappa shape index (κ2) is 4.79. The number of aryl methyl sites for hydroxylation is 1. The van der Waals surface area contributed by atoms with Gasteiger partial charge < -0.3 is 4.52 Å². The van der Waals surface area contributed by atoms with Gasteiger partial charge in [-0.2, -0.15) is 16.7 Å². The molecule has 0 amide bonds. The molecule has 82 valence electrons. The van der Waals surface area contributed by atoms with E-state index in [9.17, 15) is 4.79 Å². The number of nitrogens with zero attached hydrogens (tertiary/aromatic N) is 2. The van der Waals surface area contributed by atoms with Crippen LogP contribution in [-0.2, 0) is 11.2 Å². The zero-order valence-electron chi connectivity index (χ0n) is 8.73. The number of carbonyl (C=O) groups is 1. The first-order valence-electron chi connectivity index (χ1n) is 5.24. The Morgan fingerprint density at radius 2 is 2.47 bits per heavy atom. The van der Waals surface area contributed by atoms with Crippen molar-refractivity contribution < 1.29 is 9.32 Å². The number of hydrogen-bond acceptors (Lipinski definition) is 5. The van der Waals surface area contributed by atoms with Crippen LogP contribution in [0, 0.1) is 0 Å². The van der Waals surface area contributed by atoms with Crippen LogP contribution in [0.2, 0.25) is 0 Å². The van der Waals surface area contributed by atoms with E-state index in [0.717, 1.165) is 30.8 Å². The number of hydrogen-bond donors (Lipinski definition) is 0. The molecule has 1 atom stereocenters. The number of thioether (sulfide) groups is 1.